The van der Waals surface area contributed by atoms with Crippen LogP contribution in [0.2, 0.25) is 0 Å². The Balaban J connectivity index is 2.30. The molecule has 0 bridgehead atoms. The molecule has 2 aromatic rings. The molecule has 0 spiro atoms. The topological polar surface area (TPSA) is 59.4 Å². The van der Waals surface area contributed by atoms with Crippen LogP contribution < -0.4 is 4.74 Å². The maximum Gasteiger partial charge on any atom is 0.341 e. The van der Waals surface area contributed by atoms with E-state index in [1.165, 1.54) is 0 Å². The average Bonchev–Trinajstić information content (AvgIpc) is 2.44. The van der Waals surface area contributed by atoms with Crippen molar-refractivity contribution < 1.29 is 14.6 Å². The molecule has 2 rings (SSSR count). The zero-order chi connectivity index (χ0) is 14.5. The minimum absolute atomic E-state index is 0.118. The summed E-state index contributed by atoms with van der Waals surface area (Å²) < 4.78 is 5.63. The van der Waals surface area contributed by atoms with Gasteiger partial charge in [-0.3, -0.25) is 0 Å². The van der Waals surface area contributed by atoms with Crippen molar-refractivity contribution in [3.05, 3.63) is 35.9 Å². The quantitative estimate of drug-likeness (QED) is 0.870. The molecule has 0 fully saturated rings. The number of benzene rings is 1. The number of aromatic nitrogens is 1. The summed E-state index contributed by atoms with van der Waals surface area (Å²) in [4.78, 5) is 15.6. The summed E-state index contributed by atoms with van der Waals surface area (Å²) in [7, 11) is 0. The molecule has 4 heteroatoms. The van der Waals surface area contributed by atoms with E-state index in [-0.39, 0.29) is 11.4 Å². The van der Waals surface area contributed by atoms with Gasteiger partial charge in [-0.15, -0.1) is 0 Å². The summed E-state index contributed by atoms with van der Waals surface area (Å²) in [5, 5.41) is 10.1. The number of fused-ring (bicyclic) bond motifs is 1. The maximum absolute atomic E-state index is 11.3. The number of carbonyl (C=O) groups is 1. The fourth-order valence-corrected chi connectivity index (χ4v) is 2.16. The molecule has 0 radical (unpaired) electrons. The van der Waals surface area contributed by atoms with Gasteiger partial charge in [-0.1, -0.05) is 38.5 Å². The van der Waals surface area contributed by atoms with Crippen molar-refractivity contribution in [2.45, 2.75) is 26.7 Å². The maximum atomic E-state index is 11.3. The van der Waals surface area contributed by atoms with E-state index in [1.807, 2.05) is 24.3 Å². The third-order valence-corrected chi connectivity index (χ3v) is 3.21. The lowest BCUT2D eigenvalue weighted by atomic mass is 10.1. The molecule has 0 aliphatic carbocycles. The minimum atomic E-state index is -1.01. The van der Waals surface area contributed by atoms with Gasteiger partial charge in [0, 0.05) is 5.39 Å². The lowest BCUT2D eigenvalue weighted by Crippen LogP contribution is -2.12. The predicted octanol–water partition coefficient (Wildman–Crippen LogP) is 3.75. The molecule has 1 atom stereocenters. The van der Waals surface area contributed by atoms with Gasteiger partial charge in [-0.2, -0.15) is 0 Å². The van der Waals surface area contributed by atoms with Crippen LogP contribution in [-0.2, 0) is 0 Å². The monoisotopic (exact) mass is 273 g/mol. The predicted molar refractivity (Wildman–Crippen MR) is 78.3 cm³/mol. The Morgan fingerprint density at radius 2 is 2.15 bits per heavy atom. The SMILES string of the molecule is CCCC(C)COc1nc2ccccc2cc1C(=O)O. The second kappa shape index (κ2) is 6.37. The van der Waals surface area contributed by atoms with E-state index in [1.54, 1.807) is 6.07 Å². The lowest BCUT2D eigenvalue weighted by Gasteiger charge is -2.13. The highest BCUT2D eigenvalue weighted by atomic mass is 16.5. The van der Waals surface area contributed by atoms with E-state index in [0.717, 1.165) is 23.7 Å². The Hall–Kier alpha value is -2.10. The van der Waals surface area contributed by atoms with Crippen molar-refractivity contribution in [1.29, 1.82) is 0 Å². The fourth-order valence-electron chi connectivity index (χ4n) is 2.16. The number of pyridine rings is 1. The second-order valence-corrected chi connectivity index (χ2v) is 5.04. The summed E-state index contributed by atoms with van der Waals surface area (Å²) in [6.07, 6.45) is 2.14. The van der Waals surface area contributed by atoms with Gasteiger partial charge in [0.1, 0.15) is 5.56 Å². The molecule has 4 nitrogen and oxygen atoms in total. The highest BCUT2D eigenvalue weighted by Crippen LogP contribution is 2.23. The summed E-state index contributed by atoms with van der Waals surface area (Å²) in [6, 6.07) is 9.05. The van der Waals surface area contributed by atoms with Crippen molar-refractivity contribution in [2.75, 3.05) is 6.61 Å². The Labute approximate surface area is 118 Å². The van der Waals surface area contributed by atoms with Crippen LogP contribution in [0.5, 0.6) is 5.88 Å². The third-order valence-electron chi connectivity index (χ3n) is 3.21. The Kier molecular flexibility index (Phi) is 4.56. The van der Waals surface area contributed by atoms with Crippen molar-refractivity contribution in [3.8, 4) is 5.88 Å². The van der Waals surface area contributed by atoms with Crippen LogP contribution in [0.15, 0.2) is 30.3 Å². The molecule has 0 saturated heterocycles. The van der Waals surface area contributed by atoms with Gasteiger partial charge in [0.15, 0.2) is 0 Å². The molecule has 0 saturated carbocycles. The van der Waals surface area contributed by atoms with Crippen LogP contribution >= 0.6 is 0 Å². The molecule has 1 aromatic heterocycles. The molecule has 0 amide bonds. The molecule has 20 heavy (non-hydrogen) atoms. The largest absolute Gasteiger partial charge is 0.477 e. The van der Waals surface area contributed by atoms with E-state index < -0.39 is 5.97 Å². The van der Waals surface area contributed by atoms with E-state index in [9.17, 15) is 9.90 Å². The van der Waals surface area contributed by atoms with Gasteiger partial charge < -0.3 is 9.84 Å². The van der Waals surface area contributed by atoms with Crippen LogP contribution in [0.3, 0.4) is 0 Å². The molecule has 106 valence electrons. The van der Waals surface area contributed by atoms with Gasteiger partial charge in [0.05, 0.1) is 12.1 Å². The molecule has 1 heterocycles. The first-order valence-corrected chi connectivity index (χ1v) is 6.87. The van der Waals surface area contributed by atoms with Crippen molar-refractivity contribution >= 4 is 16.9 Å². The number of hydrogen-bond acceptors (Lipinski definition) is 3. The normalized spacial score (nSPS) is 12.3. The van der Waals surface area contributed by atoms with E-state index in [0.29, 0.717) is 12.5 Å². The first-order chi connectivity index (χ1) is 9.61. The highest BCUT2D eigenvalue weighted by Gasteiger charge is 2.15. The first-order valence-electron chi connectivity index (χ1n) is 6.87. The number of nitrogens with zero attached hydrogens (tertiary/aromatic N) is 1. The van der Waals surface area contributed by atoms with E-state index >= 15 is 0 Å². The van der Waals surface area contributed by atoms with E-state index in [4.69, 9.17) is 4.74 Å². The number of aromatic carboxylic acids is 1. The lowest BCUT2D eigenvalue weighted by molar-refractivity contribution is 0.0690. The first kappa shape index (κ1) is 14.3. The average molecular weight is 273 g/mol. The zero-order valence-corrected chi connectivity index (χ0v) is 11.8. The summed E-state index contributed by atoms with van der Waals surface area (Å²) in [5.41, 5.74) is 0.864. The van der Waals surface area contributed by atoms with Gasteiger partial charge in [-0.05, 0) is 24.5 Å². The smallest absolute Gasteiger partial charge is 0.341 e. The summed E-state index contributed by atoms with van der Waals surface area (Å²) in [6.45, 7) is 4.69. The summed E-state index contributed by atoms with van der Waals surface area (Å²) in [5.74, 6) is -0.421. The highest BCUT2D eigenvalue weighted by molar-refractivity contribution is 5.95. The van der Waals surface area contributed by atoms with Crippen LogP contribution in [0.4, 0.5) is 0 Å². The van der Waals surface area contributed by atoms with Gasteiger partial charge in [0.25, 0.3) is 0 Å². The number of carboxylic acids is 1. The molecular weight excluding hydrogens is 254 g/mol. The Morgan fingerprint density at radius 3 is 2.85 bits per heavy atom. The molecule has 0 aliphatic heterocycles. The minimum Gasteiger partial charge on any atom is -0.477 e. The Bertz CT molecular complexity index is 610. The van der Waals surface area contributed by atoms with Crippen molar-refractivity contribution in [3.63, 3.8) is 0 Å². The third kappa shape index (κ3) is 3.26. The molecule has 1 aromatic carbocycles. The molecule has 0 aliphatic rings. The van der Waals surface area contributed by atoms with E-state index in [2.05, 4.69) is 18.8 Å². The van der Waals surface area contributed by atoms with Crippen LogP contribution in [0.25, 0.3) is 10.9 Å². The van der Waals surface area contributed by atoms with Gasteiger partial charge >= 0.3 is 5.97 Å². The van der Waals surface area contributed by atoms with Crippen molar-refractivity contribution in [1.82, 2.24) is 4.98 Å². The second-order valence-electron chi connectivity index (χ2n) is 5.04. The number of ether oxygens (including phenoxy) is 1. The zero-order valence-electron chi connectivity index (χ0n) is 11.8. The number of carboxylic acid groups (broad SMARTS) is 1. The number of para-hydroxylation sites is 1. The molecular formula is C16H19NO3. The number of hydrogen-bond donors (Lipinski definition) is 1. The summed E-state index contributed by atoms with van der Waals surface area (Å²) >= 11 is 0. The van der Waals surface area contributed by atoms with Crippen LogP contribution in [-0.4, -0.2) is 22.7 Å². The van der Waals surface area contributed by atoms with Crippen molar-refractivity contribution in [2.24, 2.45) is 5.92 Å². The Morgan fingerprint density at radius 1 is 1.40 bits per heavy atom. The standard InChI is InChI=1S/C16H19NO3/c1-3-6-11(2)10-20-15-13(16(18)19)9-12-7-4-5-8-14(12)17-15/h4-5,7-9,11H,3,6,10H2,1-2H3,(H,18,19). The van der Waals surface area contributed by atoms with Gasteiger partial charge in [0.2, 0.25) is 5.88 Å². The number of rotatable bonds is 6. The molecule has 1 unspecified atom stereocenters. The van der Waals surface area contributed by atoms with Gasteiger partial charge in [-0.25, -0.2) is 9.78 Å². The molecule has 1 N–H and O–H groups in total. The van der Waals surface area contributed by atoms with Crippen LogP contribution in [0, 0.1) is 5.92 Å². The van der Waals surface area contributed by atoms with Crippen LogP contribution in [0.1, 0.15) is 37.0 Å². The fraction of sp³-hybridized carbons (Fsp3) is 0.375.